The van der Waals surface area contributed by atoms with Gasteiger partial charge >= 0.3 is 0 Å². The van der Waals surface area contributed by atoms with Gasteiger partial charge in [-0.05, 0) is 56.8 Å². The van der Waals surface area contributed by atoms with Gasteiger partial charge in [0.25, 0.3) is 0 Å². The number of aryl methyl sites for hydroxylation is 1. The molecular formula is C19H25ClN2. The molecule has 1 rings (SSSR count). The van der Waals surface area contributed by atoms with Crippen molar-refractivity contribution in [2.24, 2.45) is 4.99 Å². The Morgan fingerprint density at radius 3 is 2.77 bits per heavy atom. The Balaban J connectivity index is 2.65. The normalized spacial score (nSPS) is 12.0. The summed E-state index contributed by atoms with van der Waals surface area (Å²) >= 11 is 6.05. The van der Waals surface area contributed by atoms with E-state index in [1.165, 1.54) is 11.1 Å². The van der Waals surface area contributed by atoms with E-state index in [9.17, 15) is 0 Å². The number of nitrogens with zero attached hydrogens (tertiary/aromatic N) is 1. The molecule has 0 saturated heterocycles. The molecule has 2 nitrogen and oxygen atoms in total. The fourth-order valence-electron chi connectivity index (χ4n) is 2.05. The molecule has 0 aliphatic carbocycles. The van der Waals surface area contributed by atoms with Crippen LogP contribution in [0.1, 0.15) is 31.4 Å². The molecule has 0 atom stereocenters. The van der Waals surface area contributed by atoms with Crippen molar-refractivity contribution >= 4 is 18.3 Å². The molecule has 22 heavy (non-hydrogen) atoms. The van der Waals surface area contributed by atoms with Gasteiger partial charge in [0.05, 0.1) is 0 Å². The lowest BCUT2D eigenvalue weighted by Gasteiger charge is -2.10. The Morgan fingerprint density at radius 2 is 2.14 bits per heavy atom. The number of halogens is 1. The third-order valence-electron chi connectivity index (χ3n) is 3.17. The van der Waals surface area contributed by atoms with Crippen LogP contribution in [0.25, 0.3) is 0 Å². The summed E-state index contributed by atoms with van der Waals surface area (Å²) in [5.41, 5.74) is 4.31. The third-order valence-corrected chi connectivity index (χ3v) is 3.40. The lowest BCUT2D eigenvalue weighted by molar-refractivity contribution is 0.660. The van der Waals surface area contributed by atoms with Gasteiger partial charge in [0, 0.05) is 35.3 Å². The number of rotatable bonds is 8. The molecule has 1 N–H and O–H groups in total. The summed E-state index contributed by atoms with van der Waals surface area (Å²) in [5.74, 6) is 0. The molecule has 3 heteroatoms. The van der Waals surface area contributed by atoms with Crippen molar-refractivity contribution in [1.82, 2.24) is 5.32 Å². The fourth-order valence-corrected chi connectivity index (χ4v) is 2.24. The fraction of sp³-hybridized carbons (Fsp3) is 0.316. The molecule has 0 saturated carbocycles. The van der Waals surface area contributed by atoms with Crippen molar-refractivity contribution in [2.75, 3.05) is 0 Å². The van der Waals surface area contributed by atoms with Crippen LogP contribution in [0.5, 0.6) is 0 Å². The van der Waals surface area contributed by atoms with E-state index in [0.29, 0.717) is 6.04 Å². The lowest BCUT2D eigenvalue weighted by atomic mass is 10.0. The smallest absolute Gasteiger partial charge is 0.0440 e. The Hall–Kier alpha value is -1.80. The first-order chi connectivity index (χ1) is 10.4. The van der Waals surface area contributed by atoms with E-state index >= 15 is 0 Å². The predicted octanol–water partition coefficient (Wildman–Crippen LogP) is 5.23. The zero-order valence-electron chi connectivity index (χ0n) is 13.7. The van der Waals surface area contributed by atoms with E-state index in [4.69, 9.17) is 11.6 Å². The highest BCUT2D eigenvalue weighted by Crippen LogP contribution is 2.19. The minimum absolute atomic E-state index is 0.410. The summed E-state index contributed by atoms with van der Waals surface area (Å²) in [6.45, 7) is 13.9. The van der Waals surface area contributed by atoms with Crippen LogP contribution >= 0.6 is 11.6 Å². The molecule has 0 fully saturated rings. The first-order valence-electron chi connectivity index (χ1n) is 7.44. The minimum Gasteiger partial charge on any atom is -0.386 e. The first kappa shape index (κ1) is 18.2. The highest BCUT2D eigenvalue weighted by molar-refractivity contribution is 6.30. The zero-order valence-corrected chi connectivity index (χ0v) is 14.5. The molecule has 118 valence electrons. The highest BCUT2D eigenvalue weighted by atomic mass is 35.5. The van der Waals surface area contributed by atoms with Crippen LogP contribution in [0, 0.1) is 6.92 Å². The molecule has 0 unspecified atom stereocenters. The molecule has 0 radical (unpaired) electrons. The molecule has 0 spiro atoms. The molecule has 0 amide bonds. The average molecular weight is 317 g/mol. The van der Waals surface area contributed by atoms with Gasteiger partial charge in [-0.15, -0.1) is 0 Å². The third kappa shape index (κ3) is 6.77. The molecule has 1 aromatic rings. The van der Waals surface area contributed by atoms with Crippen molar-refractivity contribution in [3.05, 3.63) is 70.5 Å². The minimum atomic E-state index is 0.410. The van der Waals surface area contributed by atoms with E-state index in [0.717, 1.165) is 29.3 Å². The van der Waals surface area contributed by atoms with Crippen LogP contribution in [0.3, 0.4) is 0 Å². The molecule has 0 bridgehead atoms. The molecule has 1 aromatic carbocycles. The van der Waals surface area contributed by atoms with Gasteiger partial charge in [-0.3, -0.25) is 4.99 Å². The van der Waals surface area contributed by atoms with Crippen molar-refractivity contribution < 1.29 is 0 Å². The summed E-state index contributed by atoms with van der Waals surface area (Å²) in [7, 11) is 0. The van der Waals surface area contributed by atoms with Gasteiger partial charge in [-0.25, -0.2) is 0 Å². The second-order valence-corrected chi connectivity index (χ2v) is 6.04. The number of hydrogen-bond donors (Lipinski definition) is 1. The lowest BCUT2D eigenvalue weighted by Crippen LogP contribution is -2.20. The van der Waals surface area contributed by atoms with Crippen molar-refractivity contribution in [2.45, 2.75) is 39.7 Å². The maximum Gasteiger partial charge on any atom is 0.0440 e. The molecule has 0 heterocycles. The van der Waals surface area contributed by atoms with Crippen LogP contribution in [-0.2, 0) is 6.42 Å². The number of allylic oxidation sites excluding steroid dienone is 4. The summed E-state index contributed by atoms with van der Waals surface area (Å²) in [6.07, 6.45) is 7.57. The first-order valence-corrected chi connectivity index (χ1v) is 7.82. The summed E-state index contributed by atoms with van der Waals surface area (Å²) in [4.78, 5) is 4.10. The molecule has 0 aliphatic rings. The second-order valence-electron chi connectivity index (χ2n) is 5.60. The Labute approximate surface area is 139 Å². The van der Waals surface area contributed by atoms with Gasteiger partial charge in [0.1, 0.15) is 0 Å². The topological polar surface area (TPSA) is 24.4 Å². The van der Waals surface area contributed by atoms with E-state index in [1.54, 1.807) is 0 Å². The maximum absolute atomic E-state index is 6.05. The largest absolute Gasteiger partial charge is 0.386 e. The summed E-state index contributed by atoms with van der Waals surface area (Å²) in [6, 6.07) is 6.31. The van der Waals surface area contributed by atoms with Crippen molar-refractivity contribution in [3.8, 4) is 0 Å². The molecular weight excluding hydrogens is 292 g/mol. The molecule has 0 aromatic heterocycles. The van der Waals surface area contributed by atoms with Gasteiger partial charge in [0.15, 0.2) is 0 Å². The van der Waals surface area contributed by atoms with Crippen molar-refractivity contribution in [1.29, 1.82) is 0 Å². The van der Waals surface area contributed by atoms with Crippen LogP contribution in [-0.4, -0.2) is 12.8 Å². The van der Waals surface area contributed by atoms with E-state index in [2.05, 4.69) is 50.5 Å². The van der Waals surface area contributed by atoms with Crippen LogP contribution < -0.4 is 5.32 Å². The maximum atomic E-state index is 6.05. The second kappa shape index (κ2) is 9.26. The van der Waals surface area contributed by atoms with Gasteiger partial charge < -0.3 is 5.32 Å². The average Bonchev–Trinajstić information content (AvgIpc) is 2.45. The Bertz CT molecular complexity index is 583. The quantitative estimate of drug-likeness (QED) is 0.515. The number of nitrogens with one attached hydrogen (secondary N) is 1. The van der Waals surface area contributed by atoms with Gasteiger partial charge in [0.2, 0.25) is 0 Å². The SMILES string of the molecule is C=N/C(=C\C=C/CC(=C)NC(C)C)Cc1cc(Cl)ccc1C. The Morgan fingerprint density at radius 1 is 1.41 bits per heavy atom. The van der Waals surface area contributed by atoms with Gasteiger partial charge in [-0.1, -0.05) is 36.4 Å². The predicted molar refractivity (Wildman–Crippen MR) is 98.7 cm³/mol. The number of benzene rings is 1. The highest BCUT2D eigenvalue weighted by Gasteiger charge is 2.02. The van der Waals surface area contributed by atoms with Gasteiger partial charge in [-0.2, -0.15) is 0 Å². The Kier molecular flexibility index (Phi) is 7.69. The zero-order chi connectivity index (χ0) is 16.5. The monoisotopic (exact) mass is 316 g/mol. The van der Waals surface area contributed by atoms with Crippen LogP contribution in [0.15, 0.2) is 59.4 Å². The number of aliphatic imine (C=N–C) groups is 1. The standard InChI is InChI=1S/C19H25ClN2/c1-14(2)22-16(4)8-6-7-9-19(21-5)13-17-12-18(20)11-10-15(17)3/h6-7,9-12,14,22H,4-5,8,13H2,1-3H3/b7-6-,19-9-. The van der Waals surface area contributed by atoms with Crippen molar-refractivity contribution in [3.63, 3.8) is 0 Å². The van der Waals surface area contributed by atoms with Crippen LogP contribution in [0.2, 0.25) is 5.02 Å². The van der Waals surface area contributed by atoms with E-state index in [1.807, 2.05) is 30.4 Å². The summed E-state index contributed by atoms with van der Waals surface area (Å²) < 4.78 is 0. The number of hydrogen-bond acceptors (Lipinski definition) is 2. The van der Waals surface area contributed by atoms with Crippen LogP contribution in [0.4, 0.5) is 0 Å². The molecule has 0 aliphatic heterocycles. The van der Waals surface area contributed by atoms with E-state index < -0.39 is 0 Å². The summed E-state index contributed by atoms with van der Waals surface area (Å²) in [5, 5.41) is 4.03. The van der Waals surface area contributed by atoms with E-state index in [-0.39, 0.29) is 0 Å².